The topological polar surface area (TPSA) is 84.1 Å². The van der Waals surface area contributed by atoms with Crippen LogP contribution >= 0.6 is 11.8 Å². The van der Waals surface area contributed by atoms with Crippen molar-refractivity contribution in [1.29, 1.82) is 0 Å². The number of nitrogens with one attached hydrogen (secondary N) is 1. The normalized spacial score (nSPS) is 17.2. The summed E-state index contributed by atoms with van der Waals surface area (Å²) in [4.78, 5) is 23.1. The number of hydrogen-bond acceptors (Lipinski definition) is 6. The van der Waals surface area contributed by atoms with E-state index < -0.39 is 0 Å². The van der Waals surface area contributed by atoms with Crippen LogP contribution in [0.25, 0.3) is 0 Å². The smallest absolute Gasteiger partial charge is 0.224 e. The number of nitrogens with zero attached hydrogens (tertiary/aromatic N) is 3. The number of amides is 1. The van der Waals surface area contributed by atoms with Crippen LogP contribution in [0.1, 0.15) is 24.0 Å². The second kappa shape index (κ2) is 8.40. The maximum atomic E-state index is 12.0. The zero-order valence-electron chi connectivity index (χ0n) is 15.2. The molecule has 7 heteroatoms. The van der Waals surface area contributed by atoms with Gasteiger partial charge in [-0.05, 0) is 25.3 Å². The minimum Gasteiger partial charge on any atom is -0.383 e. The van der Waals surface area contributed by atoms with E-state index in [0.29, 0.717) is 17.5 Å². The van der Waals surface area contributed by atoms with E-state index >= 15 is 0 Å². The van der Waals surface area contributed by atoms with Gasteiger partial charge >= 0.3 is 0 Å². The first-order valence-corrected chi connectivity index (χ1v) is 9.83. The van der Waals surface area contributed by atoms with Crippen molar-refractivity contribution in [3.63, 3.8) is 0 Å². The average Bonchev–Trinajstić information content (AvgIpc) is 2.66. The Hall–Kier alpha value is -2.28. The van der Waals surface area contributed by atoms with E-state index in [9.17, 15) is 4.79 Å². The summed E-state index contributed by atoms with van der Waals surface area (Å²) in [7, 11) is 1.68. The van der Waals surface area contributed by atoms with Crippen LogP contribution in [0, 0.1) is 12.8 Å². The van der Waals surface area contributed by atoms with Gasteiger partial charge in [0, 0.05) is 32.0 Å². The van der Waals surface area contributed by atoms with Gasteiger partial charge in [-0.3, -0.25) is 4.79 Å². The minimum absolute atomic E-state index is 0.00592. The van der Waals surface area contributed by atoms with Crippen LogP contribution in [0.3, 0.4) is 0 Å². The molecule has 1 atom stereocenters. The molecular weight excluding hydrogens is 346 g/mol. The van der Waals surface area contributed by atoms with E-state index in [1.165, 1.54) is 11.1 Å². The lowest BCUT2D eigenvalue weighted by molar-refractivity contribution is -0.124. The summed E-state index contributed by atoms with van der Waals surface area (Å²) in [6.45, 7) is 3.62. The van der Waals surface area contributed by atoms with Crippen LogP contribution in [-0.4, -0.2) is 36.0 Å². The molecule has 1 amide bonds. The van der Waals surface area contributed by atoms with Crippen molar-refractivity contribution in [2.75, 3.05) is 30.8 Å². The summed E-state index contributed by atoms with van der Waals surface area (Å²) < 4.78 is 0. The molecule has 1 aliphatic heterocycles. The Morgan fingerprint density at radius 3 is 2.85 bits per heavy atom. The molecule has 1 unspecified atom stereocenters. The van der Waals surface area contributed by atoms with Gasteiger partial charge < -0.3 is 16.0 Å². The molecule has 2 aromatic rings. The molecule has 1 saturated heterocycles. The SMILES string of the molecule is CNC(=O)C1CCCN(c2cc(N)nc(SCc3ccc(C)cc3)n2)C1. The van der Waals surface area contributed by atoms with Crippen LogP contribution in [-0.2, 0) is 10.5 Å². The quantitative estimate of drug-likeness (QED) is 0.621. The van der Waals surface area contributed by atoms with E-state index in [2.05, 4.69) is 51.4 Å². The Labute approximate surface area is 158 Å². The van der Waals surface area contributed by atoms with E-state index in [1.807, 2.05) is 0 Å². The van der Waals surface area contributed by atoms with Gasteiger partial charge in [0.15, 0.2) is 5.16 Å². The van der Waals surface area contributed by atoms with E-state index in [0.717, 1.165) is 31.0 Å². The highest BCUT2D eigenvalue weighted by molar-refractivity contribution is 7.98. The van der Waals surface area contributed by atoms with Crippen LogP contribution in [0.4, 0.5) is 11.6 Å². The number of anilines is 2. The summed E-state index contributed by atoms with van der Waals surface area (Å²) in [6.07, 6.45) is 1.87. The predicted molar refractivity (Wildman–Crippen MR) is 106 cm³/mol. The van der Waals surface area contributed by atoms with E-state index in [1.54, 1.807) is 24.9 Å². The molecule has 26 heavy (non-hydrogen) atoms. The van der Waals surface area contributed by atoms with Gasteiger partial charge in [-0.2, -0.15) is 0 Å². The van der Waals surface area contributed by atoms with Crippen molar-refractivity contribution >= 4 is 29.3 Å². The van der Waals surface area contributed by atoms with Crippen molar-refractivity contribution in [1.82, 2.24) is 15.3 Å². The van der Waals surface area contributed by atoms with Gasteiger partial charge in [0.25, 0.3) is 0 Å². The van der Waals surface area contributed by atoms with Crippen LogP contribution in [0.15, 0.2) is 35.5 Å². The largest absolute Gasteiger partial charge is 0.383 e. The Balaban J connectivity index is 1.70. The lowest BCUT2D eigenvalue weighted by Gasteiger charge is -2.32. The van der Waals surface area contributed by atoms with Gasteiger partial charge in [-0.25, -0.2) is 9.97 Å². The monoisotopic (exact) mass is 371 g/mol. The molecule has 0 radical (unpaired) electrons. The second-order valence-corrected chi connectivity index (χ2v) is 7.55. The number of carbonyl (C=O) groups is 1. The summed E-state index contributed by atoms with van der Waals surface area (Å²) in [5.74, 6) is 2.14. The zero-order chi connectivity index (χ0) is 18.5. The number of aryl methyl sites for hydroxylation is 1. The summed E-state index contributed by atoms with van der Waals surface area (Å²) in [6, 6.07) is 10.2. The number of rotatable bonds is 5. The first-order chi connectivity index (χ1) is 12.5. The van der Waals surface area contributed by atoms with E-state index in [4.69, 9.17) is 5.73 Å². The minimum atomic E-state index is -0.00592. The second-order valence-electron chi connectivity index (χ2n) is 6.61. The van der Waals surface area contributed by atoms with E-state index in [-0.39, 0.29) is 11.8 Å². The fourth-order valence-corrected chi connectivity index (χ4v) is 3.91. The molecule has 2 heterocycles. The summed E-state index contributed by atoms with van der Waals surface area (Å²) in [5, 5.41) is 3.41. The Bertz CT molecular complexity index is 765. The van der Waals surface area contributed by atoms with Gasteiger partial charge in [0.1, 0.15) is 11.6 Å². The fraction of sp³-hybridized carbons (Fsp3) is 0.421. The number of carbonyl (C=O) groups excluding carboxylic acids is 1. The Morgan fingerprint density at radius 2 is 2.12 bits per heavy atom. The van der Waals surface area contributed by atoms with Crippen LogP contribution in [0.5, 0.6) is 0 Å². The average molecular weight is 372 g/mol. The summed E-state index contributed by atoms with van der Waals surface area (Å²) in [5.41, 5.74) is 8.48. The van der Waals surface area contributed by atoms with Crippen molar-refractivity contribution < 1.29 is 4.79 Å². The first kappa shape index (κ1) is 18.5. The number of hydrogen-bond donors (Lipinski definition) is 2. The molecule has 6 nitrogen and oxygen atoms in total. The molecular formula is C19H25N5OS. The number of nitrogens with two attached hydrogens (primary N) is 1. The third-order valence-electron chi connectivity index (χ3n) is 4.56. The first-order valence-electron chi connectivity index (χ1n) is 8.84. The Morgan fingerprint density at radius 1 is 1.35 bits per heavy atom. The Kier molecular flexibility index (Phi) is 5.98. The number of thioether (sulfide) groups is 1. The molecule has 1 aromatic heterocycles. The third kappa shape index (κ3) is 4.66. The van der Waals surface area contributed by atoms with Crippen molar-refractivity contribution in [2.45, 2.75) is 30.7 Å². The number of aromatic nitrogens is 2. The highest BCUT2D eigenvalue weighted by Gasteiger charge is 2.26. The van der Waals surface area contributed by atoms with Gasteiger partial charge in [-0.15, -0.1) is 0 Å². The van der Waals surface area contributed by atoms with Gasteiger partial charge in [0.05, 0.1) is 5.92 Å². The van der Waals surface area contributed by atoms with Crippen LogP contribution in [0.2, 0.25) is 0 Å². The molecule has 0 aliphatic carbocycles. The number of nitrogen functional groups attached to an aromatic ring is 1. The molecule has 0 saturated carbocycles. The number of piperidine rings is 1. The zero-order valence-corrected chi connectivity index (χ0v) is 16.1. The maximum Gasteiger partial charge on any atom is 0.224 e. The van der Waals surface area contributed by atoms with Gasteiger partial charge in [-0.1, -0.05) is 41.6 Å². The maximum absolute atomic E-state index is 12.0. The lowest BCUT2D eigenvalue weighted by atomic mass is 9.97. The predicted octanol–water partition coefficient (Wildman–Crippen LogP) is 2.62. The van der Waals surface area contributed by atoms with Gasteiger partial charge in [0.2, 0.25) is 5.91 Å². The molecule has 3 N–H and O–H groups in total. The fourth-order valence-electron chi connectivity index (χ4n) is 3.09. The molecule has 0 bridgehead atoms. The standard InChI is InChI=1S/C19H25N5OS/c1-13-5-7-14(8-6-13)12-26-19-22-16(20)10-17(23-19)24-9-3-4-15(11-24)18(25)21-2/h5-8,10,15H,3-4,9,11-12H2,1-2H3,(H,21,25)(H2,20,22,23). The molecule has 138 valence electrons. The molecule has 1 aromatic carbocycles. The third-order valence-corrected chi connectivity index (χ3v) is 5.48. The highest BCUT2D eigenvalue weighted by atomic mass is 32.2. The highest BCUT2D eigenvalue weighted by Crippen LogP contribution is 2.27. The van der Waals surface area contributed by atoms with Crippen molar-refractivity contribution in [3.05, 3.63) is 41.5 Å². The molecule has 0 spiro atoms. The van der Waals surface area contributed by atoms with Crippen LogP contribution < -0.4 is 16.0 Å². The molecule has 1 fully saturated rings. The molecule has 3 rings (SSSR count). The number of benzene rings is 1. The van der Waals surface area contributed by atoms with Crippen molar-refractivity contribution in [3.8, 4) is 0 Å². The summed E-state index contributed by atoms with van der Waals surface area (Å²) >= 11 is 1.58. The van der Waals surface area contributed by atoms with Crippen molar-refractivity contribution in [2.24, 2.45) is 5.92 Å². The molecule has 1 aliphatic rings. The lowest BCUT2D eigenvalue weighted by Crippen LogP contribution is -2.42.